The zero-order chi connectivity index (χ0) is 18.1. The first-order valence-corrected chi connectivity index (χ1v) is 8.10. The van der Waals surface area contributed by atoms with Crippen molar-refractivity contribution in [2.24, 2.45) is 0 Å². The molecule has 1 aliphatic rings. The van der Waals surface area contributed by atoms with Gasteiger partial charge in [-0.1, -0.05) is 6.07 Å². The Labute approximate surface area is 140 Å². The molecule has 0 unspecified atom stereocenters. The third-order valence-electron chi connectivity index (χ3n) is 4.20. The van der Waals surface area contributed by atoms with E-state index in [9.17, 15) is 18.0 Å². The lowest BCUT2D eigenvalue weighted by Gasteiger charge is -2.48. The maximum Gasteiger partial charge on any atom is 0.416 e. The summed E-state index contributed by atoms with van der Waals surface area (Å²) in [6.07, 6.45) is -4.42. The molecular weight excluding hydrogens is 319 g/mol. The number of carbonyl (C=O) groups excluding carboxylic acids is 1. The summed E-state index contributed by atoms with van der Waals surface area (Å²) in [5, 5.41) is 2.54. The number of halogens is 3. The van der Waals surface area contributed by atoms with Crippen molar-refractivity contribution in [2.75, 3.05) is 18.4 Å². The highest BCUT2D eigenvalue weighted by Crippen LogP contribution is 2.31. The third kappa shape index (κ3) is 4.20. The Morgan fingerprint density at radius 3 is 2.29 bits per heavy atom. The molecule has 0 aliphatic carbocycles. The summed E-state index contributed by atoms with van der Waals surface area (Å²) in [5.74, 6) is 0. The van der Waals surface area contributed by atoms with Gasteiger partial charge in [0.15, 0.2) is 0 Å². The molecule has 24 heavy (non-hydrogen) atoms. The Hall–Kier alpha value is -1.76. The summed E-state index contributed by atoms with van der Waals surface area (Å²) in [4.78, 5) is 16.1. The fourth-order valence-electron chi connectivity index (χ4n) is 3.23. The molecule has 1 aliphatic heterocycles. The number of alkyl halides is 3. The van der Waals surface area contributed by atoms with Crippen LogP contribution in [-0.2, 0) is 6.18 Å². The van der Waals surface area contributed by atoms with E-state index in [1.807, 2.05) is 0 Å². The summed E-state index contributed by atoms with van der Waals surface area (Å²) in [6, 6.07) is 5.36. The van der Waals surface area contributed by atoms with Gasteiger partial charge < -0.3 is 10.2 Å². The lowest BCUT2D eigenvalue weighted by molar-refractivity contribution is -0.137. The van der Waals surface area contributed by atoms with Crippen molar-refractivity contribution in [2.45, 2.75) is 52.0 Å². The normalized spacial score (nSPS) is 16.0. The molecule has 4 nitrogen and oxygen atoms in total. The number of benzene rings is 1. The SMILES string of the molecule is CC(C)N(C(C)C)C1CN(C(=O)Nc2cccc(C(F)(F)F)c2)C1. The standard InChI is InChI=1S/C17H24F3N3O/c1-11(2)23(12(3)4)15-9-22(10-15)16(24)21-14-7-5-6-13(8-14)17(18,19)20/h5-8,11-12,15H,9-10H2,1-4H3,(H,21,24). The number of nitrogens with zero attached hydrogens (tertiary/aromatic N) is 2. The molecule has 0 spiro atoms. The van der Waals surface area contributed by atoms with Gasteiger partial charge >= 0.3 is 12.2 Å². The number of carbonyl (C=O) groups is 1. The Bertz CT molecular complexity index is 573. The van der Waals surface area contributed by atoms with E-state index in [1.165, 1.54) is 12.1 Å². The Morgan fingerprint density at radius 2 is 1.79 bits per heavy atom. The molecule has 1 N–H and O–H groups in total. The second-order valence-corrected chi connectivity index (χ2v) is 6.70. The number of hydrogen-bond donors (Lipinski definition) is 1. The smallest absolute Gasteiger partial charge is 0.321 e. The van der Waals surface area contributed by atoms with Crippen LogP contribution in [0, 0.1) is 0 Å². The van der Waals surface area contributed by atoms with Crippen molar-refractivity contribution in [3.63, 3.8) is 0 Å². The average Bonchev–Trinajstić information content (AvgIpc) is 2.40. The largest absolute Gasteiger partial charge is 0.416 e. The van der Waals surface area contributed by atoms with Crippen LogP contribution in [0.2, 0.25) is 0 Å². The Balaban J connectivity index is 1.94. The van der Waals surface area contributed by atoms with Gasteiger partial charge in [-0.3, -0.25) is 4.90 Å². The van der Waals surface area contributed by atoms with Crippen molar-refractivity contribution in [3.8, 4) is 0 Å². The summed E-state index contributed by atoms with van der Waals surface area (Å²) >= 11 is 0. The molecule has 2 amide bonds. The predicted molar refractivity (Wildman–Crippen MR) is 87.9 cm³/mol. The van der Waals surface area contributed by atoms with Crippen LogP contribution in [0.3, 0.4) is 0 Å². The van der Waals surface area contributed by atoms with Crippen LogP contribution in [0.5, 0.6) is 0 Å². The quantitative estimate of drug-likeness (QED) is 0.895. The lowest BCUT2D eigenvalue weighted by atomic mass is 10.0. The van der Waals surface area contributed by atoms with Crippen molar-refractivity contribution >= 4 is 11.7 Å². The molecule has 1 aromatic carbocycles. The first-order valence-electron chi connectivity index (χ1n) is 8.10. The summed E-state index contributed by atoms with van der Waals surface area (Å²) in [7, 11) is 0. The molecule has 0 atom stereocenters. The second kappa shape index (κ2) is 7.01. The van der Waals surface area contributed by atoms with Gasteiger partial charge in [0.2, 0.25) is 0 Å². The number of nitrogens with one attached hydrogen (secondary N) is 1. The minimum Gasteiger partial charge on any atom is -0.321 e. The number of rotatable bonds is 4. The molecule has 0 aromatic heterocycles. The van der Waals surface area contributed by atoms with Gasteiger partial charge in [0, 0.05) is 36.9 Å². The molecule has 1 heterocycles. The number of hydrogen-bond acceptors (Lipinski definition) is 2. The fraction of sp³-hybridized carbons (Fsp3) is 0.588. The van der Waals surface area contributed by atoms with Gasteiger partial charge in [0.1, 0.15) is 0 Å². The van der Waals surface area contributed by atoms with E-state index in [4.69, 9.17) is 0 Å². The predicted octanol–water partition coefficient (Wildman–Crippen LogP) is 4.04. The number of anilines is 1. The van der Waals surface area contributed by atoms with Gasteiger partial charge in [-0.2, -0.15) is 13.2 Å². The minimum absolute atomic E-state index is 0.155. The topological polar surface area (TPSA) is 35.6 Å². The first kappa shape index (κ1) is 18.6. The van der Waals surface area contributed by atoms with E-state index < -0.39 is 11.7 Å². The van der Waals surface area contributed by atoms with Crippen molar-refractivity contribution in [3.05, 3.63) is 29.8 Å². The van der Waals surface area contributed by atoms with E-state index in [0.717, 1.165) is 12.1 Å². The van der Waals surface area contributed by atoms with Gasteiger partial charge in [-0.15, -0.1) is 0 Å². The molecule has 0 saturated carbocycles. The molecule has 0 radical (unpaired) electrons. The van der Waals surface area contributed by atoms with Crippen LogP contribution in [0.15, 0.2) is 24.3 Å². The highest BCUT2D eigenvalue weighted by Gasteiger charge is 2.37. The van der Waals surface area contributed by atoms with Crippen LogP contribution in [0.4, 0.5) is 23.7 Å². The average molecular weight is 343 g/mol. The minimum atomic E-state index is -4.42. The van der Waals surface area contributed by atoms with Crippen LogP contribution < -0.4 is 5.32 Å². The molecule has 0 bridgehead atoms. The van der Waals surface area contributed by atoms with Gasteiger partial charge in [-0.05, 0) is 45.9 Å². The van der Waals surface area contributed by atoms with Crippen LogP contribution in [0.1, 0.15) is 33.3 Å². The molecule has 1 fully saturated rings. The van der Waals surface area contributed by atoms with Gasteiger partial charge in [0.05, 0.1) is 5.56 Å². The third-order valence-corrected chi connectivity index (χ3v) is 4.20. The lowest BCUT2D eigenvalue weighted by Crippen LogP contribution is -2.64. The molecule has 2 rings (SSSR count). The fourth-order valence-corrected chi connectivity index (χ4v) is 3.23. The van der Waals surface area contributed by atoms with E-state index in [2.05, 4.69) is 37.9 Å². The van der Waals surface area contributed by atoms with Crippen molar-refractivity contribution in [1.82, 2.24) is 9.80 Å². The van der Waals surface area contributed by atoms with Crippen molar-refractivity contribution in [1.29, 1.82) is 0 Å². The molecule has 1 saturated heterocycles. The van der Waals surface area contributed by atoms with E-state index in [-0.39, 0.29) is 17.8 Å². The zero-order valence-electron chi connectivity index (χ0n) is 14.4. The maximum absolute atomic E-state index is 12.7. The molecule has 7 heteroatoms. The molecular formula is C17H24F3N3O. The number of urea groups is 1. The van der Waals surface area contributed by atoms with Crippen LogP contribution >= 0.6 is 0 Å². The van der Waals surface area contributed by atoms with E-state index in [1.54, 1.807) is 4.90 Å². The van der Waals surface area contributed by atoms with Crippen molar-refractivity contribution < 1.29 is 18.0 Å². The summed E-state index contributed by atoms with van der Waals surface area (Å²) in [6.45, 7) is 9.63. The Morgan fingerprint density at radius 1 is 1.21 bits per heavy atom. The molecule has 1 aromatic rings. The van der Waals surface area contributed by atoms with Crippen LogP contribution in [0.25, 0.3) is 0 Å². The second-order valence-electron chi connectivity index (χ2n) is 6.70. The summed E-state index contributed by atoms with van der Waals surface area (Å²) in [5.41, 5.74) is -0.615. The molecule has 134 valence electrons. The number of amides is 2. The van der Waals surface area contributed by atoms with Gasteiger partial charge in [0.25, 0.3) is 0 Å². The highest BCUT2D eigenvalue weighted by atomic mass is 19.4. The summed E-state index contributed by atoms with van der Waals surface area (Å²) < 4.78 is 38.1. The highest BCUT2D eigenvalue weighted by molar-refractivity contribution is 5.90. The van der Waals surface area contributed by atoms with Crippen LogP contribution in [-0.4, -0.2) is 47.0 Å². The Kier molecular flexibility index (Phi) is 5.42. The monoisotopic (exact) mass is 343 g/mol. The zero-order valence-corrected chi connectivity index (χ0v) is 14.4. The number of likely N-dealkylation sites (tertiary alicyclic amines) is 1. The van der Waals surface area contributed by atoms with E-state index >= 15 is 0 Å². The first-order chi connectivity index (χ1) is 11.1. The maximum atomic E-state index is 12.7. The van der Waals surface area contributed by atoms with E-state index in [0.29, 0.717) is 25.2 Å². The van der Waals surface area contributed by atoms with Gasteiger partial charge in [-0.25, -0.2) is 4.79 Å².